The number of hydrogen-bond acceptors (Lipinski definition) is 2. The lowest BCUT2D eigenvalue weighted by Gasteiger charge is -2.30. The molecule has 1 atom stereocenters. The summed E-state index contributed by atoms with van der Waals surface area (Å²) in [6.45, 7) is 8.58. The summed E-state index contributed by atoms with van der Waals surface area (Å²) >= 11 is 6.47. The molecular weight excluding hydrogens is 256 g/mol. The Morgan fingerprint density at radius 3 is 2.63 bits per heavy atom. The standard InChI is InChI=1S/C16H25ClN2/c1-4-12(3)19(5-2)16-9-6-13(10-15(16)17)11-18-14-7-8-14/h6,9-10,12,14,18H,4-5,7-8,11H2,1-3H3. The first-order chi connectivity index (χ1) is 9.15. The molecular formula is C16H25ClN2. The summed E-state index contributed by atoms with van der Waals surface area (Å²) in [6.07, 6.45) is 3.78. The van der Waals surface area contributed by atoms with E-state index in [0.717, 1.165) is 36.3 Å². The molecule has 0 heterocycles. The van der Waals surface area contributed by atoms with Crippen molar-refractivity contribution >= 4 is 17.3 Å². The number of nitrogens with one attached hydrogen (secondary N) is 1. The van der Waals surface area contributed by atoms with Crippen molar-refractivity contribution in [3.8, 4) is 0 Å². The van der Waals surface area contributed by atoms with E-state index in [-0.39, 0.29) is 0 Å². The van der Waals surface area contributed by atoms with Crippen LogP contribution in [0, 0.1) is 0 Å². The molecule has 1 unspecified atom stereocenters. The maximum absolute atomic E-state index is 6.47. The quantitative estimate of drug-likeness (QED) is 0.805. The van der Waals surface area contributed by atoms with Crippen molar-refractivity contribution in [2.75, 3.05) is 11.4 Å². The van der Waals surface area contributed by atoms with Crippen LogP contribution in [0.1, 0.15) is 45.6 Å². The molecule has 0 amide bonds. The van der Waals surface area contributed by atoms with Gasteiger partial charge in [0, 0.05) is 25.2 Å². The lowest BCUT2D eigenvalue weighted by molar-refractivity contribution is 0.629. The van der Waals surface area contributed by atoms with Crippen LogP contribution in [-0.4, -0.2) is 18.6 Å². The number of hydrogen-bond donors (Lipinski definition) is 1. The summed E-state index contributed by atoms with van der Waals surface area (Å²) in [5.41, 5.74) is 2.44. The van der Waals surface area contributed by atoms with Crippen LogP contribution < -0.4 is 10.2 Å². The highest BCUT2D eigenvalue weighted by molar-refractivity contribution is 6.33. The van der Waals surface area contributed by atoms with Crippen LogP contribution in [-0.2, 0) is 6.54 Å². The molecule has 1 aliphatic carbocycles. The maximum atomic E-state index is 6.47. The maximum Gasteiger partial charge on any atom is 0.0642 e. The van der Waals surface area contributed by atoms with Gasteiger partial charge in [0.1, 0.15) is 0 Å². The first kappa shape index (κ1) is 14.7. The average molecular weight is 281 g/mol. The molecule has 1 saturated carbocycles. The predicted molar refractivity (Wildman–Crippen MR) is 84.1 cm³/mol. The van der Waals surface area contributed by atoms with Gasteiger partial charge < -0.3 is 10.2 Å². The molecule has 1 N–H and O–H groups in total. The van der Waals surface area contributed by atoms with Crippen molar-refractivity contribution in [3.63, 3.8) is 0 Å². The largest absolute Gasteiger partial charge is 0.368 e. The Balaban J connectivity index is 2.07. The topological polar surface area (TPSA) is 15.3 Å². The molecule has 0 spiro atoms. The van der Waals surface area contributed by atoms with Gasteiger partial charge in [-0.05, 0) is 50.8 Å². The van der Waals surface area contributed by atoms with Gasteiger partial charge in [-0.3, -0.25) is 0 Å². The zero-order valence-electron chi connectivity index (χ0n) is 12.2. The summed E-state index contributed by atoms with van der Waals surface area (Å²) in [4.78, 5) is 2.38. The molecule has 1 aromatic carbocycles. The van der Waals surface area contributed by atoms with Gasteiger partial charge in [-0.1, -0.05) is 24.6 Å². The van der Waals surface area contributed by atoms with Crippen molar-refractivity contribution < 1.29 is 0 Å². The van der Waals surface area contributed by atoms with Gasteiger partial charge >= 0.3 is 0 Å². The first-order valence-corrected chi connectivity index (χ1v) is 7.82. The third-order valence-corrected chi connectivity index (χ3v) is 4.26. The van der Waals surface area contributed by atoms with E-state index < -0.39 is 0 Å². The molecule has 1 fully saturated rings. The van der Waals surface area contributed by atoms with E-state index in [0.29, 0.717) is 6.04 Å². The minimum Gasteiger partial charge on any atom is -0.368 e. The molecule has 1 aliphatic rings. The number of rotatable bonds is 7. The Morgan fingerprint density at radius 1 is 1.37 bits per heavy atom. The van der Waals surface area contributed by atoms with Crippen LogP contribution in [0.3, 0.4) is 0 Å². The second kappa shape index (κ2) is 6.62. The first-order valence-electron chi connectivity index (χ1n) is 7.44. The average Bonchev–Trinajstić information content (AvgIpc) is 3.23. The Bertz CT molecular complexity index is 415. The second-order valence-corrected chi connectivity index (χ2v) is 5.89. The van der Waals surface area contributed by atoms with Crippen LogP contribution >= 0.6 is 11.6 Å². The summed E-state index contributed by atoms with van der Waals surface area (Å²) < 4.78 is 0. The van der Waals surface area contributed by atoms with E-state index in [1.165, 1.54) is 18.4 Å². The van der Waals surface area contributed by atoms with Crippen molar-refractivity contribution in [1.29, 1.82) is 0 Å². The SMILES string of the molecule is CCC(C)N(CC)c1ccc(CNC2CC2)cc1Cl. The summed E-state index contributed by atoms with van der Waals surface area (Å²) in [7, 11) is 0. The number of anilines is 1. The summed E-state index contributed by atoms with van der Waals surface area (Å²) in [6, 6.07) is 7.74. The highest BCUT2D eigenvalue weighted by Gasteiger charge is 2.20. The van der Waals surface area contributed by atoms with Crippen LogP contribution in [0.5, 0.6) is 0 Å². The molecule has 106 valence electrons. The van der Waals surface area contributed by atoms with E-state index in [4.69, 9.17) is 11.6 Å². The number of benzene rings is 1. The second-order valence-electron chi connectivity index (χ2n) is 5.48. The fourth-order valence-electron chi connectivity index (χ4n) is 2.38. The Hall–Kier alpha value is -0.730. The molecule has 0 radical (unpaired) electrons. The highest BCUT2D eigenvalue weighted by Crippen LogP contribution is 2.29. The highest BCUT2D eigenvalue weighted by atomic mass is 35.5. The van der Waals surface area contributed by atoms with Gasteiger partial charge in [0.25, 0.3) is 0 Å². The van der Waals surface area contributed by atoms with Crippen LogP contribution in [0.15, 0.2) is 18.2 Å². The monoisotopic (exact) mass is 280 g/mol. The lowest BCUT2D eigenvalue weighted by Crippen LogP contribution is -2.32. The smallest absolute Gasteiger partial charge is 0.0642 e. The molecule has 3 heteroatoms. The van der Waals surface area contributed by atoms with Gasteiger partial charge in [-0.2, -0.15) is 0 Å². The van der Waals surface area contributed by atoms with E-state index >= 15 is 0 Å². The molecule has 0 bridgehead atoms. The number of nitrogens with zero attached hydrogens (tertiary/aromatic N) is 1. The van der Waals surface area contributed by atoms with Gasteiger partial charge in [0.05, 0.1) is 10.7 Å². The summed E-state index contributed by atoms with van der Waals surface area (Å²) in [5, 5.41) is 4.40. The van der Waals surface area contributed by atoms with Crippen molar-refractivity contribution in [3.05, 3.63) is 28.8 Å². The normalized spacial score (nSPS) is 16.4. The van der Waals surface area contributed by atoms with Gasteiger partial charge in [0.2, 0.25) is 0 Å². The number of halogens is 1. The van der Waals surface area contributed by atoms with E-state index in [1.54, 1.807) is 0 Å². The summed E-state index contributed by atoms with van der Waals surface area (Å²) in [5.74, 6) is 0. The van der Waals surface area contributed by atoms with Crippen molar-refractivity contribution in [1.82, 2.24) is 5.32 Å². The minimum absolute atomic E-state index is 0.526. The molecule has 0 aliphatic heterocycles. The van der Waals surface area contributed by atoms with Crippen LogP contribution in [0.4, 0.5) is 5.69 Å². The van der Waals surface area contributed by atoms with Crippen molar-refractivity contribution in [2.24, 2.45) is 0 Å². The predicted octanol–water partition coefficient (Wildman–Crippen LogP) is 4.22. The van der Waals surface area contributed by atoms with Gasteiger partial charge in [-0.25, -0.2) is 0 Å². The zero-order chi connectivity index (χ0) is 13.8. The Morgan fingerprint density at radius 2 is 2.11 bits per heavy atom. The van der Waals surface area contributed by atoms with E-state index in [9.17, 15) is 0 Å². The van der Waals surface area contributed by atoms with Crippen LogP contribution in [0.2, 0.25) is 5.02 Å². The Kier molecular flexibility index (Phi) is 5.12. The van der Waals surface area contributed by atoms with Crippen molar-refractivity contribution in [2.45, 2.75) is 58.7 Å². The van der Waals surface area contributed by atoms with Gasteiger partial charge in [0.15, 0.2) is 0 Å². The molecule has 2 nitrogen and oxygen atoms in total. The fourth-order valence-corrected chi connectivity index (χ4v) is 2.69. The van der Waals surface area contributed by atoms with E-state index in [1.807, 2.05) is 0 Å². The zero-order valence-corrected chi connectivity index (χ0v) is 13.0. The molecule has 1 aromatic rings. The lowest BCUT2D eigenvalue weighted by atomic mass is 10.1. The third kappa shape index (κ3) is 3.87. The van der Waals surface area contributed by atoms with E-state index in [2.05, 4.69) is 49.2 Å². The minimum atomic E-state index is 0.526. The Labute approximate surface area is 122 Å². The van der Waals surface area contributed by atoms with Gasteiger partial charge in [-0.15, -0.1) is 0 Å². The molecule has 2 rings (SSSR count). The van der Waals surface area contributed by atoms with Crippen LogP contribution in [0.25, 0.3) is 0 Å². The fraction of sp³-hybridized carbons (Fsp3) is 0.625. The third-order valence-electron chi connectivity index (χ3n) is 3.96. The molecule has 0 aromatic heterocycles. The molecule has 0 saturated heterocycles. The molecule has 19 heavy (non-hydrogen) atoms.